The summed E-state index contributed by atoms with van der Waals surface area (Å²) in [5.74, 6) is 6.23. The highest BCUT2D eigenvalue weighted by atomic mass is 16.5. The summed E-state index contributed by atoms with van der Waals surface area (Å²) in [5, 5.41) is 0. The summed E-state index contributed by atoms with van der Waals surface area (Å²) >= 11 is 0. The van der Waals surface area contributed by atoms with Crippen LogP contribution in [0.2, 0.25) is 0 Å². The molecule has 106 valence electrons. The number of aromatic nitrogens is 1. The number of esters is 1. The molecular formula is C17H15NO3. The number of carbonyl (C=O) groups excluding carboxylic acids is 1. The maximum Gasteiger partial charge on any atom is 0.341 e. The Morgan fingerprint density at radius 2 is 1.95 bits per heavy atom. The van der Waals surface area contributed by atoms with E-state index in [9.17, 15) is 4.79 Å². The van der Waals surface area contributed by atoms with Gasteiger partial charge in [-0.3, -0.25) is 0 Å². The Labute approximate surface area is 123 Å². The zero-order valence-corrected chi connectivity index (χ0v) is 11.9. The minimum Gasteiger partial charge on any atom is -0.497 e. The summed E-state index contributed by atoms with van der Waals surface area (Å²) in [6.45, 7) is 2.08. The van der Waals surface area contributed by atoms with Crippen LogP contribution in [0, 0.1) is 11.8 Å². The van der Waals surface area contributed by atoms with Gasteiger partial charge in [-0.05, 0) is 49.2 Å². The molecule has 0 saturated carbocycles. The van der Waals surface area contributed by atoms with Gasteiger partial charge in [0, 0.05) is 11.8 Å². The molecule has 4 heteroatoms. The van der Waals surface area contributed by atoms with Gasteiger partial charge in [-0.25, -0.2) is 9.78 Å². The zero-order valence-electron chi connectivity index (χ0n) is 11.9. The van der Waals surface area contributed by atoms with Crippen LogP contribution in [0.15, 0.2) is 42.6 Å². The number of carbonyl (C=O) groups is 1. The summed E-state index contributed by atoms with van der Waals surface area (Å²) in [4.78, 5) is 15.9. The summed E-state index contributed by atoms with van der Waals surface area (Å²) in [7, 11) is 1.61. The standard InChI is InChI=1S/C17H15NO3/c1-3-21-17(19)15-5-4-12-18-16(15)11-8-13-6-9-14(20-2)10-7-13/h4-7,9-10,12H,3H2,1-2H3. The lowest BCUT2D eigenvalue weighted by Gasteiger charge is -2.02. The van der Waals surface area contributed by atoms with Crippen LogP contribution in [0.3, 0.4) is 0 Å². The Balaban J connectivity index is 2.27. The first-order valence-electron chi connectivity index (χ1n) is 6.52. The van der Waals surface area contributed by atoms with E-state index in [1.54, 1.807) is 32.4 Å². The molecule has 0 spiro atoms. The van der Waals surface area contributed by atoms with Crippen molar-refractivity contribution in [2.24, 2.45) is 0 Å². The van der Waals surface area contributed by atoms with Crippen molar-refractivity contribution in [1.29, 1.82) is 0 Å². The van der Waals surface area contributed by atoms with Gasteiger partial charge in [-0.15, -0.1) is 0 Å². The molecule has 0 radical (unpaired) electrons. The van der Waals surface area contributed by atoms with Crippen molar-refractivity contribution < 1.29 is 14.3 Å². The maximum atomic E-state index is 11.8. The SMILES string of the molecule is CCOC(=O)c1cccnc1C#Cc1ccc(OC)cc1. The summed E-state index contributed by atoms with van der Waals surface area (Å²) in [5.41, 5.74) is 1.60. The van der Waals surface area contributed by atoms with Gasteiger partial charge in [0.25, 0.3) is 0 Å². The first-order valence-corrected chi connectivity index (χ1v) is 6.52. The minimum atomic E-state index is -0.412. The number of benzene rings is 1. The second-order valence-corrected chi connectivity index (χ2v) is 4.10. The number of hydrogen-bond acceptors (Lipinski definition) is 4. The van der Waals surface area contributed by atoms with E-state index in [-0.39, 0.29) is 0 Å². The van der Waals surface area contributed by atoms with Gasteiger partial charge < -0.3 is 9.47 Å². The topological polar surface area (TPSA) is 48.4 Å². The predicted molar refractivity (Wildman–Crippen MR) is 79.2 cm³/mol. The molecule has 2 rings (SSSR count). The highest BCUT2D eigenvalue weighted by Gasteiger charge is 2.11. The molecule has 0 aliphatic carbocycles. The molecule has 1 aromatic carbocycles. The Bertz CT molecular complexity index is 681. The molecule has 21 heavy (non-hydrogen) atoms. The van der Waals surface area contributed by atoms with E-state index in [1.807, 2.05) is 24.3 Å². The van der Waals surface area contributed by atoms with Crippen LogP contribution >= 0.6 is 0 Å². The van der Waals surface area contributed by atoms with Gasteiger partial charge in [0.05, 0.1) is 19.3 Å². The Morgan fingerprint density at radius 1 is 1.19 bits per heavy atom. The molecule has 0 aliphatic rings. The van der Waals surface area contributed by atoms with Gasteiger partial charge >= 0.3 is 5.97 Å². The Morgan fingerprint density at radius 3 is 2.62 bits per heavy atom. The van der Waals surface area contributed by atoms with E-state index >= 15 is 0 Å². The molecule has 0 saturated heterocycles. The molecule has 0 amide bonds. The lowest BCUT2D eigenvalue weighted by Crippen LogP contribution is -2.07. The third kappa shape index (κ3) is 3.83. The monoisotopic (exact) mass is 281 g/mol. The molecule has 1 heterocycles. The molecule has 0 N–H and O–H groups in total. The predicted octanol–water partition coefficient (Wildman–Crippen LogP) is 2.67. The van der Waals surface area contributed by atoms with Gasteiger partial charge in [0.15, 0.2) is 0 Å². The van der Waals surface area contributed by atoms with Gasteiger partial charge in [0.1, 0.15) is 11.4 Å². The zero-order chi connectivity index (χ0) is 15.1. The van der Waals surface area contributed by atoms with Crippen molar-refractivity contribution >= 4 is 5.97 Å². The number of rotatable bonds is 3. The summed E-state index contributed by atoms with van der Waals surface area (Å²) < 4.78 is 10.1. The van der Waals surface area contributed by atoms with Crippen LogP contribution in [0.5, 0.6) is 5.75 Å². The van der Waals surface area contributed by atoms with E-state index in [0.29, 0.717) is 17.9 Å². The second kappa shape index (κ2) is 7.11. The average Bonchev–Trinajstić information content (AvgIpc) is 2.54. The van der Waals surface area contributed by atoms with E-state index in [0.717, 1.165) is 11.3 Å². The molecule has 0 unspecified atom stereocenters. The normalized spacial score (nSPS) is 9.43. The fourth-order valence-electron chi connectivity index (χ4n) is 1.68. The molecule has 4 nitrogen and oxygen atoms in total. The summed E-state index contributed by atoms with van der Waals surface area (Å²) in [6.07, 6.45) is 1.60. The van der Waals surface area contributed by atoms with Crippen molar-refractivity contribution in [3.63, 3.8) is 0 Å². The third-order valence-electron chi connectivity index (χ3n) is 2.72. The van der Waals surface area contributed by atoms with Crippen LogP contribution in [-0.4, -0.2) is 24.7 Å². The van der Waals surface area contributed by atoms with Crippen molar-refractivity contribution in [3.8, 4) is 17.6 Å². The Kier molecular flexibility index (Phi) is 4.94. The summed E-state index contributed by atoms with van der Waals surface area (Å²) in [6, 6.07) is 10.7. The quantitative estimate of drug-likeness (QED) is 0.641. The van der Waals surface area contributed by atoms with Crippen LogP contribution in [0.1, 0.15) is 28.5 Å². The second-order valence-electron chi connectivity index (χ2n) is 4.10. The van der Waals surface area contributed by atoms with E-state index in [1.165, 1.54) is 0 Å². The number of pyridine rings is 1. The number of methoxy groups -OCH3 is 1. The van der Waals surface area contributed by atoms with Crippen molar-refractivity contribution in [1.82, 2.24) is 4.98 Å². The Hall–Kier alpha value is -2.80. The van der Waals surface area contributed by atoms with Crippen molar-refractivity contribution in [3.05, 3.63) is 59.4 Å². The lowest BCUT2D eigenvalue weighted by atomic mass is 10.1. The molecule has 1 aromatic heterocycles. The average molecular weight is 281 g/mol. The van der Waals surface area contributed by atoms with Crippen LogP contribution < -0.4 is 4.74 Å². The van der Waals surface area contributed by atoms with Gasteiger partial charge in [-0.2, -0.15) is 0 Å². The minimum absolute atomic E-state index is 0.319. The maximum absolute atomic E-state index is 11.8. The van der Waals surface area contributed by atoms with E-state index in [4.69, 9.17) is 9.47 Å². The highest BCUT2D eigenvalue weighted by Crippen LogP contribution is 2.11. The van der Waals surface area contributed by atoms with Crippen molar-refractivity contribution in [2.75, 3.05) is 13.7 Å². The first-order chi connectivity index (χ1) is 10.2. The number of ether oxygens (including phenoxy) is 2. The molecular weight excluding hydrogens is 266 g/mol. The van der Waals surface area contributed by atoms with Gasteiger partial charge in [0.2, 0.25) is 0 Å². The number of hydrogen-bond donors (Lipinski definition) is 0. The number of nitrogens with zero attached hydrogens (tertiary/aromatic N) is 1. The van der Waals surface area contributed by atoms with Crippen LogP contribution in [0.4, 0.5) is 0 Å². The fourth-order valence-corrected chi connectivity index (χ4v) is 1.68. The smallest absolute Gasteiger partial charge is 0.341 e. The molecule has 0 atom stereocenters. The molecule has 0 fully saturated rings. The van der Waals surface area contributed by atoms with Crippen LogP contribution in [-0.2, 0) is 4.74 Å². The largest absolute Gasteiger partial charge is 0.497 e. The van der Waals surface area contributed by atoms with Crippen LogP contribution in [0.25, 0.3) is 0 Å². The first kappa shape index (κ1) is 14.6. The van der Waals surface area contributed by atoms with E-state index in [2.05, 4.69) is 16.8 Å². The van der Waals surface area contributed by atoms with E-state index < -0.39 is 5.97 Å². The molecule has 0 aliphatic heterocycles. The third-order valence-corrected chi connectivity index (χ3v) is 2.72. The fraction of sp³-hybridized carbons (Fsp3) is 0.176. The molecule has 0 bridgehead atoms. The van der Waals surface area contributed by atoms with Crippen molar-refractivity contribution in [2.45, 2.75) is 6.92 Å². The lowest BCUT2D eigenvalue weighted by molar-refractivity contribution is 0.0525. The highest BCUT2D eigenvalue weighted by molar-refractivity contribution is 5.91. The molecule has 2 aromatic rings. The van der Waals surface area contributed by atoms with Gasteiger partial charge in [-0.1, -0.05) is 5.92 Å².